The van der Waals surface area contributed by atoms with E-state index in [9.17, 15) is 0 Å². The summed E-state index contributed by atoms with van der Waals surface area (Å²) in [6, 6.07) is 0. The lowest BCUT2D eigenvalue weighted by Gasteiger charge is -2.09. The summed E-state index contributed by atoms with van der Waals surface area (Å²) in [6.07, 6.45) is 4.53. The van der Waals surface area contributed by atoms with E-state index in [2.05, 4.69) is 37.8 Å². The number of imidazole rings is 1. The van der Waals surface area contributed by atoms with Gasteiger partial charge in [0.1, 0.15) is 10.8 Å². The van der Waals surface area contributed by atoms with Crippen LogP contribution in [0.5, 0.6) is 0 Å². The summed E-state index contributed by atoms with van der Waals surface area (Å²) in [5.74, 6) is 0.561. The number of hydrogen-bond donors (Lipinski definition) is 0. The molecule has 0 saturated heterocycles. The van der Waals surface area contributed by atoms with Crippen molar-refractivity contribution in [3.05, 3.63) is 27.8 Å². The van der Waals surface area contributed by atoms with Crippen molar-refractivity contribution in [3.63, 3.8) is 0 Å². The van der Waals surface area contributed by atoms with E-state index in [1.165, 1.54) is 0 Å². The molecule has 0 bridgehead atoms. The van der Waals surface area contributed by atoms with Gasteiger partial charge in [-0.2, -0.15) is 0 Å². The van der Waals surface area contributed by atoms with E-state index in [1.54, 1.807) is 19.6 Å². The number of halogens is 2. The molecule has 2 aromatic heterocycles. The topological polar surface area (TPSA) is 52.8 Å². The third kappa shape index (κ3) is 3.13. The second-order valence-electron chi connectivity index (χ2n) is 4.00. The Labute approximate surface area is 125 Å². The molecule has 0 aliphatic rings. The smallest absolute Gasteiger partial charge is 0.179 e. The fourth-order valence-electron chi connectivity index (χ4n) is 1.74. The summed E-state index contributed by atoms with van der Waals surface area (Å²) in [4.78, 5) is 12.9. The number of aromatic nitrogens is 4. The zero-order valence-corrected chi connectivity index (χ0v) is 13.1. The molecular weight excluding hydrogens is 332 g/mol. The van der Waals surface area contributed by atoms with Gasteiger partial charge >= 0.3 is 0 Å². The molecule has 0 unspecified atom stereocenters. The van der Waals surface area contributed by atoms with Crippen molar-refractivity contribution in [2.24, 2.45) is 0 Å². The average Bonchev–Trinajstić information content (AvgIpc) is 2.84. The largest absolute Gasteiger partial charge is 0.378 e. The van der Waals surface area contributed by atoms with Crippen molar-refractivity contribution in [1.82, 2.24) is 19.5 Å². The number of methoxy groups -OCH3 is 1. The Morgan fingerprint density at radius 2 is 2.21 bits per heavy atom. The second-order valence-corrected chi connectivity index (χ2v) is 5.15. The maximum Gasteiger partial charge on any atom is 0.179 e. The van der Waals surface area contributed by atoms with Gasteiger partial charge in [0.05, 0.1) is 29.3 Å². The fraction of sp³-hybridized carbons (Fsp3) is 0.417. The Bertz CT molecular complexity index is 573. The molecule has 5 nitrogen and oxygen atoms in total. The first-order valence-electron chi connectivity index (χ1n) is 5.88. The summed E-state index contributed by atoms with van der Waals surface area (Å²) in [6.45, 7) is 3.35. The Morgan fingerprint density at radius 1 is 1.42 bits per heavy atom. The SMILES string of the molecule is CCCn1cncc1-c1nc(Cl)c(Br)c(COC)n1. The summed E-state index contributed by atoms with van der Waals surface area (Å²) >= 11 is 9.49. The molecule has 0 aliphatic carbocycles. The van der Waals surface area contributed by atoms with Gasteiger partial charge in [-0.3, -0.25) is 0 Å². The molecular formula is C12H14BrClN4O. The van der Waals surface area contributed by atoms with Crippen molar-refractivity contribution in [2.75, 3.05) is 7.11 Å². The van der Waals surface area contributed by atoms with E-state index >= 15 is 0 Å². The standard InChI is InChI=1S/C12H14BrClN4O/c1-3-4-18-7-15-5-9(18)12-16-8(6-19-2)10(13)11(14)17-12/h5,7H,3-4,6H2,1-2H3. The molecule has 0 atom stereocenters. The molecule has 0 aromatic carbocycles. The molecule has 102 valence electrons. The Kier molecular flexibility index (Phi) is 4.90. The Hall–Kier alpha value is -0.980. The van der Waals surface area contributed by atoms with Gasteiger partial charge in [-0.1, -0.05) is 18.5 Å². The molecule has 0 N–H and O–H groups in total. The first-order chi connectivity index (χ1) is 9.17. The zero-order chi connectivity index (χ0) is 13.8. The molecule has 0 fully saturated rings. The Morgan fingerprint density at radius 3 is 2.89 bits per heavy atom. The summed E-state index contributed by atoms with van der Waals surface area (Å²) in [5, 5.41) is 0.376. The van der Waals surface area contributed by atoms with Gasteiger partial charge in [0.15, 0.2) is 5.82 Å². The van der Waals surface area contributed by atoms with E-state index < -0.39 is 0 Å². The molecule has 0 saturated carbocycles. The van der Waals surface area contributed by atoms with Crippen LogP contribution in [-0.4, -0.2) is 26.6 Å². The molecule has 0 spiro atoms. The van der Waals surface area contributed by atoms with E-state index in [1.807, 2.05) is 4.57 Å². The van der Waals surface area contributed by atoms with Gasteiger partial charge in [0.25, 0.3) is 0 Å². The van der Waals surface area contributed by atoms with Gasteiger partial charge in [-0.25, -0.2) is 15.0 Å². The lowest BCUT2D eigenvalue weighted by atomic mass is 10.3. The quantitative estimate of drug-likeness (QED) is 0.780. The van der Waals surface area contributed by atoms with Crippen LogP contribution in [-0.2, 0) is 17.9 Å². The van der Waals surface area contributed by atoms with Gasteiger partial charge in [-0.05, 0) is 22.4 Å². The van der Waals surface area contributed by atoms with Crippen LogP contribution in [0.4, 0.5) is 0 Å². The zero-order valence-electron chi connectivity index (χ0n) is 10.7. The number of hydrogen-bond acceptors (Lipinski definition) is 4. The summed E-state index contributed by atoms with van der Waals surface area (Å²) in [5.41, 5.74) is 1.58. The van der Waals surface area contributed by atoms with E-state index in [4.69, 9.17) is 16.3 Å². The number of rotatable bonds is 5. The summed E-state index contributed by atoms with van der Waals surface area (Å²) in [7, 11) is 1.61. The lowest BCUT2D eigenvalue weighted by Crippen LogP contribution is -2.04. The van der Waals surface area contributed by atoms with Crippen LogP contribution in [0.15, 0.2) is 17.0 Å². The van der Waals surface area contributed by atoms with Crippen molar-refractivity contribution in [2.45, 2.75) is 26.5 Å². The van der Waals surface area contributed by atoms with E-state index in [0.29, 0.717) is 22.1 Å². The number of nitrogens with zero attached hydrogens (tertiary/aromatic N) is 4. The molecule has 2 rings (SSSR count). The van der Waals surface area contributed by atoms with Crippen LogP contribution >= 0.6 is 27.5 Å². The molecule has 2 heterocycles. The molecule has 0 aliphatic heterocycles. The van der Waals surface area contributed by atoms with Gasteiger partial charge in [0, 0.05) is 13.7 Å². The average molecular weight is 346 g/mol. The monoisotopic (exact) mass is 344 g/mol. The van der Waals surface area contributed by atoms with Crippen LogP contribution in [0.25, 0.3) is 11.5 Å². The third-order valence-electron chi connectivity index (χ3n) is 2.57. The van der Waals surface area contributed by atoms with Crippen LogP contribution in [0.1, 0.15) is 19.0 Å². The van der Waals surface area contributed by atoms with Gasteiger partial charge < -0.3 is 9.30 Å². The normalized spacial score (nSPS) is 10.9. The molecule has 0 amide bonds. The second kappa shape index (κ2) is 6.45. The predicted octanol–water partition coefficient (Wildman–Crippen LogP) is 3.31. The minimum absolute atomic E-state index is 0.373. The van der Waals surface area contributed by atoms with Crippen LogP contribution < -0.4 is 0 Å². The van der Waals surface area contributed by atoms with Crippen LogP contribution in [0.3, 0.4) is 0 Å². The molecule has 19 heavy (non-hydrogen) atoms. The van der Waals surface area contributed by atoms with E-state index in [0.717, 1.165) is 24.4 Å². The van der Waals surface area contributed by atoms with E-state index in [-0.39, 0.29) is 0 Å². The highest BCUT2D eigenvalue weighted by molar-refractivity contribution is 9.10. The van der Waals surface area contributed by atoms with Gasteiger partial charge in [0.2, 0.25) is 0 Å². The fourth-order valence-corrected chi connectivity index (χ4v) is 2.22. The van der Waals surface area contributed by atoms with Gasteiger partial charge in [-0.15, -0.1) is 0 Å². The lowest BCUT2D eigenvalue weighted by molar-refractivity contribution is 0.181. The highest BCUT2D eigenvalue weighted by Gasteiger charge is 2.14. The predicted molar refractivity (Wildman–Crippen MR) is 77.0 cm³/mol. The minimum atomic E-state index is 0.373. The first-order valence-corrected chi connectivity index (χ1v) is 7.05. The maximum atomic E-state index is 6.12. The number of aryl methyl sites for hydroxylation is 1. The molecule has 0 radical (unpaired) electrons. The van der Waals surface area contributed by atoms with Crippen LogP contribution in [0.2, 0.25) is 5.15 Å². The first kappa shape index (κ1) is 14.4. The van der Waals surface area contributed by atoms with Crippen molar-refractivity contribution in [1.29, 1.82) is 0 Å². The van der Waals surface area contributed by atoms with Crippen molar-refractivity contribution in [3.8, 4) is 11.5 Å². The van der Waals surface area contributed by atoms with Crippen molar-refractivity contribution < 1.29 is 4.74 Å². The third-order valence-corrected chi connectivity index (χ3v) is 3.90. The Balaban J connectivity index is 2.47. The number of ether oxygens (including phenoxy) is 1. The summed E-state index contributed by atoms with van der Waals surface area (Å²) < 4.78 is 7.79. The minimum Gasteiger partial charge on any atom is -0.378 e. The maximum absolute atomic E-state index is 6.12. The molecule has 2 aromatic rings. The molecule has 7 heteroatoms. The van der Waals surface area contributed by atoms with Crippen LogP contribution in [0, 0.1) is 0 Å². The highest BCUT2D eigenvalue weighted by atomic mass is 79.9. The highest BCUT2D eigenvalue weighted by Crippen LogP contribution is 2.27. The van der Waals surface area contributed by atoms with Crippen molar-refractivity contribution >= 4 is 27.5 Å².